The number of hydrogen-bond acceptors (Lipinski definition) is 7. The zero-order valence-electron chi connectivity index (χ0n) is 17.1. The van der Waals surface area contributed by atoms with E-state index >= 15 is 0 Å². The Kier molecular flexibility index (Phi) is 6.44. The van der Waals surface area contributed by atoms with Gasteiger partial charge in [-0.25, -0.2) is 8.42 Å². The lowest BCUT2D eigenvalue weighted by Crippen LogP contribution is -2.21. The Morgan fingerprint density at radius 3 is 2.47 bits per heavy atom. The van der Waals surface area contributed by atoms with Crippen molar-refractivity contribution in [3.63, 3.8) is 0 Å². The van der Waals surface area contributed by atoms with Gasteiger partial charge in [0.15, 0.2) is 5.16 Å². The number of nitrogens with one attached hydrogen (secondary N) is 1. The molecule has 0 radical (unpaired) electrons. The van der Waals surface area contributed by atoms with Crippen LogP contribution in [0.25, 0.3) is 16.5 Å². The van der Waals surface area contributed by atoms with Crippen molar-refractivity contribution in [2.75, 3.05) is 12.0 Å². The van der Waals surface area contributed by atoms with E-state index in [4.69, 9.17) is 17.3 Å². The fourth-order valence-corrected chi connectivity index (χ4v) is 4.95. The van der Waals surface area contributed by atoms with E-state index in [1.54, 1.807) is 37.3 Å². The number of aliphatic imine (C=N–C) groups is 1. The summed E-state index contributed by atoms with van der Waals surface area (Å²) in [7, 11) is -7.60. The standard InChI is InChI=1S/C20H20ClN5O4S2/c1-13(9-18(20(21)23-2)25-31(3,27)28)14-10-17(22)16-12-24-26(19(16)11-14)32(29,30)15-7-5-4-6-8-15/h4-12,25H,2,22H2,1,3H3. The molecular formula is C20H20ClN5O4S2. The van der Waals surface area contributed by atoms with E-state index in [2.05, 4.69) is 21.5 Å². The highest BCUT2D eigenvalue weighted by atomic mass is 35.5. The highest BCUT2D eigenvalue weighted by molar-refractivity contribution is 7.90. The van der Waals surface area contributed by atoms with Gasteiger partial charge in [0.25, 0.3) is 10.0 Å². The third kappa shape index (κ3) is 4.85. The van der Waals surface area contributed by atoms with Crippen molar-refractivity contribution >= 4 is 60.5 Å². The van der Waals surface area contributed by atoms with Crippen LogP contribution in [0.3, 0.4) is 0 Å². The minimum Gasteiger partial charge on any atom is -0.398 e. The van der Waals surface area contributed by atoms with Gasteiger partial charge < -0.3 is 5.73 Å². The summed E-state index contributed by atoms with van der Waals surface area (Å²) in [6.45, 7) is 4.99. The Labute approximate surface area is 191 Å². The fourth-order valence-electron chi connectivity index (χ4n) is 2.96. The van der Waals surface area contributed by atoms with Crippen LogP contribution in [0.15, 0.2) is 75.5 Å². The van der Waals surface area contributed by atoms with E-state index in [1.165, 1.54) is 24.4 Å². The predicted molar refractivity (Wildman–Crippen MR) is 127 cm³/mol. The van der Waals surface area contributed by atoms with Gasteiger partial charge in [-0.2, -0.15) is 17.6 Å². The first kappa shape index (κ1) is 23.5. The van der Waals surface area contributed by atoms with Crippen LogP contribution in [0, 0.1) is 0 Å². The molecule has 168 valence electrons. The topological polar surface area (TPSA) is 137 Å². The van der Waals surface area contributed by atoms with Gasteiger partial charge in [-0.15, -0.1) is 0 Å². The largest absolute Gasteiger partial charge is 0.398 e. The number of allylic oxidation sites excluding steroid dienone is 2. The number of fused-ring (bicyclic) bond motifs is 1. The molecule has 0 amide bonds. The summed E-state index contributed by atoms with van der Waals surface area (Å²) in [6, 6.07) is 11.1. The SMILES string of the molecule is C=NC(Cl)=C(C=C(C)c1cc(N)c2cnn(S(=O)(=O)c3ccccc3)c2c1)NS(C)(=O)=O. The average molecular weight is 494 g/mol. The quantitative estimate of drug-likeness (QED) is 0.225. The molecule has 0 unspecified atom stereocenters. The number of nitrogen functional groups attached to an aromatic ring is 1. The second-order valence-corrected chi connectivity index (χ2v) is 10.7. The van der Waals surface area contributed by atoms with Crippen LogP contribution < -0.4 is 10.5 Å². The van der Waals surface area contributed by atoms with Crippen molar-refractivity contribution in [2.24, 2.45) is 4.99 Å². The summed E-state index contributed by atoms with van der Waals surface area (Å²) in [5.41, 5.74) is 7.80. The Hall–Kier alpha value is -3.15. The van der Waals surface area contributed by atoms with E-state index in [1.807, 2.05) is 0 Å². The van der Waals surface area contributed by atoms with Crippen LogP contribution in [0.2, 0.25) is 0 Å². The molecule has 0 spiro atoms. The van der Waals surface area contributed by atoms with Crippen LogP contribution in [-0.4, -0.2) is 39.0 Å². The van der Waals surface area contributed by atoms with Crippen LogP contribution in [0.4, 0.5) is 5.69 Å². The monoisotopic (exact) mass is 493 g/mol. The van der Waals surface area contributed by atoms with Crippen LogP contribution in [0.5, 0.6) is 0 Å². The van der Waals surface area contributed by atoms with Gasteiger partial charge >= 0.3 is 0 Å². The van der Waals surface area contributed by atoms with Crippen molar-refractivity contribution in [3.8, 4) is 0 Å². The van der Waals surface area contributed by atoms with Crippen molar-refractivity contribution in [2.45, 2.75) is 11.8 Å². The van der Waals surface area contributed by atoms with Gasteiger partial charge in [0.05, 0.1) is 28.6 Å². The Bertz CT molecular complexity index is 1470. The van der Waals surface area contributed by atoms with Crippen LogP contribution >= 0.6 is 11.6 Å². The van der Waals surface area contributed by atoms with E-state index in [0.29, 0.717) is 22.2 Å². The number of rotatable bonds is 7. The first-order valence-electron chi connectivity index (χ1n) is 9.05. The molecule has 0 aliphatic carbocycles. The van der Waals surface area contributed by atoms with Crippen molar-refractivity contribution in [1.29, 1.82) is 0 Å². The lowest BCUT2D eigenvalue weighted by Gasteiger charge is -2.11. The Balaban J connectivity index is 2.18. The average Bonchev–Trinajstić information content (AvgIpc) is 3.17. The van der Waals surface area contributed by atoms with Crippen LogP contribution in [-0.2, 0) is 20.0 Å². The molecule has 0 bridgehead atoms. The highest BCUT2D eigenvalue weighted by Gasteiger charge is 2.21. The minimum absolute atomic E-state index is 0.00532. The van der Waals surface area contributed by atoms with Gasteiger partial charge in [-0.1, -0.05) is 29.8 Å². The summed E-state index contributed by atoms with van der Waals surface area (Å²) in [6.07, 6.45) is 3.80. The Morgan fingerprint density at radius 1 is 1.22 bits per heavy atom. The fraction of sp³-hybridized carbons (Fsp3) is 0.100. The molecule has 1 heterocycles. The molecule has 3 aromatic rings. The highest BCUT2D eigenvalue weighted by Crippen LogP contribution is 2.29. The molecule has 0 saturated heterocycles. The zero-order valence-corrected chi connectivity index (χ0v) is 19.5. The number of benzene rings is 2. The number of hydrogen-bond donors (Lipinski definition) is 2. The summed E-state index contributed by atoms with van der Waals surface area (Å²) in [5, 5.41) is 4.34. The lowest BCUT2D eigenvalue weighted by molar-refractivity contribution is 0.582. The number of sulfonamides is 1. The van der Waals surface area contributed by atoms with Gasteiger partial charge in [0.2, 0.25) is 10.0 Å². The maximum Gasteiger partial charge on any atom is 0.283 e. The van der Waals surface area contributed by atoms with Crippen LogP contribution in [0.1, 0.15) is 12.5 Å². The van der Waals surface area contributed by atoms with Crippen molar-refractivity contribution in [1.82, 2.24) is 13.9 Å². The third-order valence-electron chi connectivity index (χ3n) is 4.43. The summed E-state index contributed by atoms with van der Waals surface area (Å²) >= 11 is 5.99. The van der Waals surface area contributed by atoms with E-state index in [-0.39, 0.29) is 21.3 Å². The molecule has 0 atom stereocenters. The van der Waals surface area contributed by atoms with E-state index in [9.17, 15) is 16.8 Å². The van der Waals surface area contributed by atoms with Crippen molar-refractivity contribution in [3.05, 3.63) is 71.2 Å². The predicted octanol–water partition coefficient (Wildman–Crippen LogP) is 2.92. The number of halogens is 1. The second kappa shape index (κ2) is 8.77. The number of aromatic nitrogens is 2. The van der Waals surface area contributed by atoms with E-state index < -0.39 is 20.0 Å². The first-order valence-corrected chi connectivity index (χ1v) is 12.8. The lowest BCUT2D eigenvalue weighted by atomic mass is 10.0. The molecule has 2 aromatic carbocycles. The maximum atomic E-state index is 13.1. The molecular weight excluding hydrogens is 474 g/mol. The number of nitrogens with zero attached hydrogens (tertiary/aromatic N) is 3. The van der Waals surface area contributed by atoms with E-state index in [0.717, 1.165) is 10.3 Å². The third-order valence-corrected chi connectivity index (χ3v) is 6.96. The molecule has 3 N–H and O–H groups in total. The first-order chi connectivity index (χ1) is 14.9. The molecule has 0 aliphatic rings. The molecule has 1 aromatic heterocycles. The summed E-state index contributed by atoms with van der Waals surface area (Å²) < 4.78 is 52.7. The summed E-state index contributed by atoms with van der Waals surface area (Å²) in [5.74, 6) is 0. The van der Waals surface area contributed by atoms with Crippen molar-refractivity contribution < 1.29 is 16.8 Å². The minimum atomic E-state index is -3.96. The molecule has 3 rings (SSSR count). The zero-order chi connectivity index (χ0) is 23.7. The van der Waals surface area contributed by atoms with Gasteiger partial charge in [0, 0.05) is 11.1 Å². The van der Waals surface area contributed by atoms with Gasteiger partial charge in [-0.05, 0) is 55.1 Å². The second-order valence-electron chi connectivity index (χ2n) is 6.87. The molecule has 32 heavy (non-hydrogen) atoms. The number of nitrogens with two attached hydrogens (primary N) is 1. The Morgan fingerprint density at radius 2 is 1.88 bits per heavy atom. The van der Waals surface area contributed by atoms with Gasteiger partial charge in [0.1, 0.15) is 0 Å². The molecule has 9 nitrogen and oxygen atoms in total. The number of anilines is 1. The molecule has 0 aliphatic heterocycles. The maximum absolute atomic E-state index is 13.1. The smallest absolute Gasteiger partial charge is 0.283 e. The normalized spacial score (nSPS) is 13.7. The van der Waals surface area contributed by atoms with Gasteiger partial charge in [-0.3, -0.25) is 9.71 Å². The molecule has 0 saturated carbocycles. The summed E-state index contributed by atoms with van der Waals surface area (Å²) in [4.78, 5) is 3.64. The molecule has 0 fully saturated rings. The molecule has 12 heteroatoms.